The maximum absolute atomic E-state index is 5.76. The molecular weight excluding hydrogens is 212 g/mol. The van der Waals surface area contributed by atoms with E-state index < -0.39 is 0 Å². The van der Waals surface area contributed by atoms with Crippen molar-refractivity contribution < 1.29 is 0 Å². The topological polar surface area (TPSA) is 56.7 Å². The number of hydrogen-bond donors (Lipinski definition) is 1. The Bertz CT molecular complexity index is 377. The van der Waals surface area contributed by atoms with Crippen molar-refractivity contribution in [2.45, 2.75) is 64.0 Å². The van der Waals surface area contributed by atoms with Crippen LogP contribution in [0.15, 0.2) is 0 Å². The lowest BCUT2D eigenvalue weighted by atomic mass is 9.81. The molecule has 94 valence electrons. The Morgan fingerprint density at radius 1 is 1.18 bits per heavy atom. The number of nitrogens with zero attached hydrogens (tertiary/aromatic N) is 3. The minimum atomic E-state index is 0.537. The maximum Gasteiger partial charge on any atom is 0.0997 e. The van der Waals surface area contributed by atoms with Crippen molar-refractivity contribution in [2.24, 2.45) is 11.7 Å². The van der Waals surface area contributed by atoms with Crippen molar-refractivity contribution in [2.75, 3.05) is 0 Å². The Balaban J connectivity index is 1.70. The van der Waals surface area contributed by atoms with Gasteiger partial charge in [-0.3, -0.25) is 0 Å². The summed E-state index contributed by atoms with van der Waals surface area (Å²) in [4.78, 5) is 0. The van der Waals surface area contributed by atoms with Crippen LogP contribution in [0.1, 0.15) is 62.3 Å². The molecule has 3 rings (SSSR count). The molecule has 1 aromatic rings. The van der Waals surface area contributed by atoms with Gasteiger partial charge in [0.1, 0.15) is 0 Å². The molecule has 1 heterocycles. The Morgan fingerprint density at radius 3 is 2.47 bits per heavy atom. The molecule has 0 amide bonds. The number of aromatic nitrogens is 3. The first kappa shape index (κ1) is 11.2. The number of aryl methyl sites for hydroxylation is 1. The summed E-state index contributed by atoms with van der Waals surface area (Å²) in [6.07, 6.45) is 9.46. The summed E-state index contributed by atoms with van der Waals surface area (Å²) >= 11 is 0. The molecule has 0 aromatic carbocycles. The maximum atomic E-state index is 5.76. The minimum absolute atomic E-state index is 0.537. The molecule has 0 saturated heterocycles. The van der Waals surface area contributed by atoms with Gasteiger partial charge in [0, 0.05) is 19.0 Å². The van der Waals surface area contributed by atoms with E-state index in [0.717, 1.165) is 18.2 Å². The van der Waals surface area contributed by atoms with Crippen LogP contribution in [-0.2, 0) is 13.1 Å². The van der Waals surface area contributed by atoms with Crippen LogP contribution < -0.4 is 5.73 Å². The second-order valence-corrected chi connectivity index (χ2v) is 5.56. The van der Waals surface area contributed by atoms with Gasteiger partial charge in [-0.2, -0.15) is 0 Å². The quantitative estimate of drug-likeness (QED) is 0.849. The second kappa shape index (κ2) is 4.77. The fourth-order valence-electron chi connectivity index (χ4n) is 2.88. The Morgan fingerprint density at radius 2 is 1.94 bits per heavy atom. The molecule has 2 N–H and O–H groups in total. The molecule has 0 bridgehead atoms. The lowest BCUT2D eigenvalue weighted by molar-refractivity contribution is 0.271. The summed E-state index contributed by atoms with van der Waals surface area (Å²) < 4.78 is 2.14. The van der Waals surface area contributed by atoms with Crippen LogP contribution in [0.5, 0.6) is 0 Å². The molecule has 0 atom stereocenters. The zero-order valence-electron chi connectivity index (χ0n) is 10.4. The van der Waals surface area contributed by atoms with Gasteiger partial charge in [-0.1, -0.05) is 30.9 Å². The number of rotatable bonds is 5. The van der Waals surface area contributed by atoms with Gasteiger partial charge in [0.25, 0.3) is 0 Å². The Labute approximate surface area is 103 Å². The largest absolute Gasteiger partial charge is 0.325 e. The summed E-state index contributed by atoms with van der Waals surface area (Å²) in [5.74, 6) is 1.62. The summed E-state index contributed by atoms with van der Waals surface area (Å²) in [6.45, 7) is 1.58. The standard InChI is InChI=1S/C13H22N4/c14-9-12-13(11-5-2-6-11)17(16-15-12)8-7-10-3-1-4-10/h10-11H,1-9,14H2. The normalized spacial score (nSPS) is 21.2. The molecule has 0 aliphatic heterocycles. The van der Waals surface area contributed by atoms with Gasteiger partial charge in [-0.15, -0.1) is 5.10 Å². The molecule has 4 nitrogen and oxygen atoms in total. The minimum Gasteiger partial charge on any atom is -0.325 e. The molecule has 4 heteroatoms. The third-order valence-corrected chi connectivity index (χ3v) is 4.51. The van der Waals surface area contributed by atoms with Crippen LogP contribution in [0.4, 0.5) is 0 Å². The Hall–Kier alpha value is -0.900. The Kier molecular flexibility index (Phi) is 3.14. The second-order valence-electron chi connectivity index (χ2n) is 5.56. The fourth-order valence-corrected chi connectivity index (χ4v) is 2.88. The van der Waals surface area contributed by atoms with Crippen LogP contribution in [0.25, 0.3) is 0 Å². The molecular formula is C13H22N4. The summed E-state index contributed by atoms with van der Waals surface area (Å²) in [7, 11) is 0. The van der Waals surface area contributed by atoms with Gasteiger partial charge in [0.2, 0.25) is 0 Å². The molecule has 2 fully saturated rings. The van der Waals surface area contributed by atoms with E-state index in [1.807, 2.05) is 0 Å². The van der Waals surface area contributed by atoms with E-state index in [4.69, 9.17) is 5.73 Å². The highest BCUT2D eigenvalue weighted by Crippen LogP contribution is 2.38. The molecule has 2 aliphatic rings. The fraction of sp³-hybridized carbons (Fsp3) is 0.846. The van der Waals surface area contributed by atoms with Crippen molar-refractivity contribution in [1.29, 1.82) is 0 Å². The smallest absolute Gasteiger partial charge is 0.0997 e. The molecule has 0 spiro atoms. The molecule has 2 aliphatic carbocycles. The van der Waals surface area contributed by atoms with Gasteiger partial charge in [0.15, 0.2) is 0 Å². The monoisotopic (exact) mass is 234 g/mol. The average molecular weight is 234 g/mol. The lowest BCUT2D eigenvalue weighted by Gasteiger charge is -2.28. The van der Waals surface area contributed by atoms with E-state index in [2.05, 4.69) is 15.0 Å². The average Bonchev–Trinajstić information content (AvgIpc) is 2.57. The SMILES string of the molecule is NCc1nnn(CCC2CCC2)c1C1CCC1. The van der Waals surface area contributed by atoms with E-state index in [1.165, 1.54) is 50.6 Å². The van der Waals surface area contributed by atoms with Crippen molar-refractivity contribution in [3.05, 3.63) is 11.4 Å². The van der Waals surface area contributed by atoms with Crippen LogP contribution in [0.2, 0.25) is 0 Å². The van der Waals surface area contributed by atoms with Crippen LogP contribution >= 0.6 is 0 Å². The zero-order valence-corrected chi connectivity index (χ0v) is 10.4. The molecule has 0 unspecified atom stereocenters. The van der Waals surface area contributed by atoms with Gasteiger partial charge in [0.05, 0.1) is 11.4 Å². The van der Waals surface area contributed by atoms with E-state index in [-0.39, 0.29) is 0 Å². The van der Waals surface area contributed by atoms with Gasteiger partial charge in [-0.05, 0) is 25.2 Å². The number of hydrogen-bond acceptors (Lipinski definition) is 3. The van der Waals surface area contributed by atoms with Crippen molar-refractivity contribution in [1.82, 2.24) is 15.0 Å². The first-order valence-electron chi connectivity index (χ1n) is 7.01. The molecule has 1 aromatic heterocycles. The first-order valence-corrected chi connectivity index (χ1v) is 7.01. The lowest BCUT2D eigenvalue weighted by Crippen LogP contribution is -2.20. The van der Waals surface area contributed by atoms with Crippen molar-refractivity contribution >= 4 is 0 Å². The summed E-state index contributed by atoms with van der Waals surface area (Å²) in [5.41, 5.74) is 8.13. The highest BCUT2D eigenvalue weighted by Gasteiger charge is 2.27. The zero-order chi connectivity index (χ0) is 11.7. The van der Waals surface area contributed by atoms with Crippen LogP contribution in [0, 0.1) is 5.92 Å². The van der Waals surface area contributed by atoms with Crippen LogP contribution in [-0.4, -0.2) is 15.0 Å². The third kappa shape index (κ3) is 2.10. The van der Waals surface area contributed by atoms with E-state index >= 15 is 0 Å². The predicted octanol–water partition coefficient (Wildman–Crippen LogP) is 2.19. The third-order valence-electron chi connectivity index (χ3n) is 4.51. The van der Waals surface area contributed by atoms with Gasteiger partial charge in [-0.25, -0.2) is 4.68 Å². The highest BCUT2D eigenvalue weighted by molar-refractivity contribution is 5.17. The molecule has 2 saturated carbocycles. The molecule has 17 heavy (non-hydrogen) atoms. The highest BCUT2D eigenvalue weighted by atomic mass is 15.4. The van der Waals surface area contributed by atoms with E-state index in [0.29, 0.717) is 12.5 Å². The van der Waals surface area contributed by atoms with Crippen molar-refractivity contribution in [3.63, 3.8) is 0 Å². The predicted molar refractivity (Wildman–Crippen MR) is 66.5 cm³/mol. The number of nitrogens with two attached hydrogens (primary N) is 1. The van der Waals surface area contributed by atoms with E-state index in [1.54, 1.807) is 0 Å². The first-order chi connectivity index (χ1) is 8.38. The van der Waals surface area contributed by atoms with Gasteiger partial charge < -0.3 is 5.73 Å². The van der Waals surface area contributed by atoms with Crippen LogP contribution in [0.3, 0.4) is 0 Å². The van der Waals surface area contributed by atoms with Crippen molar-refractivity contribution in [3.8, 4) is 0 Å². The molecule has 0 radical (unpaired) electrons. The van der Waals surface area contributed by atoms with E-state index in [9.17, 15) is 0 Å². The summed E-state index contributed by atoms with van der Waals surface area (Å²) in [6, 6.07) is 0. The summed E-state index contributed by atoms with van der Waals surface area (Å²) in [5, 5.41) is 8.55. The van der Waals surface area contributed by atoms with Gasteiger partial charge >= 0.3 is 0 Å².